The zero-order chi connectivity index (χ0) is 17.4. The van der Waals surface area contributed by atoms with Gasteiger partial charge >= 0.3 is 0 Å². The highest BCUT2D eigenvalue weighted by molar-refractivity contribution is 5.55. The Morgan fingerprint density at radius 3 is 1.48 bits per heavy atom. The number of hydrogen-bond donors (Lipinski definition) is 6. The summed E-state index contributed by atoms with van der Waals surface area (Å²) < 4.78 is 0. The van der Waals surface area contributed by atoms with Gasteiger partial charge in [0, 0.05) is 16.5 Å². The maximum absolute atomic E-state index is 9.94. The summed E-state index contributed by atoms with van der Waals surface area (Å²) in [5, 5.41) is 57.6. The van der Waals surface area contributed by atoms with Crippen LogP contribution in [-0.4, -0.2) is 30.6 Å². The van der Waals surface area contributed by atoms with E-state index in [0.29, 0.717) is 11.1 Å². The molecule has 0 aliphatic heterocycles. The molecule has 0 radical (unpaired) electrons. The molecule has 0 fully saturated rings. The summed E-state index contributed by atoms with van der Waals surface area (Å²) in [7, 11) is 0. The first-order valence-corrected chi connectivity index (χ1v) is 7.04. The Hall–Kier alpha value is -2.44. The number of aliphatic hydroxyl groups is 2. The van der Waals surface area contributed by atoms with Crippen LogP contribution in [0.2, 0.25) is 0 Å². The molecule has 6 N–H and O–H groups in total. The van der Waals surface area contributed by atoms with Crippen molar-refractivity contribution in [2.45, 2.75) is 32.5 Å². The number of hydrogen-bond acceptors (Lipinski definition) is 6. The molecule has 6 nitrogen and oxygen atoms in total. The fraction of sp³-hybridized carbons (Fsp3) is 0.294. The first-order chi connectivity index (χ1) is 10.7. The number of rotatable bonds is 4. The Bertz CT molecular complexity index is 688. The molecule has 0 amide bonds. The van der Waals surface area contributed by atoms with Gasteiger partial charge in [0.15, 0.2) is 17.2 Å². The minimum absolute atomic E-state index is 0.161. The van der Waals surface area contributed by atoms with E-state index >= 15 is 0 Å². The Balaban J connectivity index is 2.64. The standard InChI is InChI=1S/C17H20O6/c1-17(2,12-5-13(20)16(23)14(21)6-12)11-3-9(7-18)15(22)10(4-11)8-19/h3-6,18-23H,7-8H2,1-2H3. The van der Waals surface area contributed by atoms with E-state index in [0.717, 1.165) is 0 Å². The van der Waals surface area contributed by atoms with E-state index in [1.54, 1.807) is 12.1 Å². The van der Waals surface area contributed by atoms with Crippen molar-refractivity contribution < 1.29 is 30.6 Å². The lowest BCUT2D eigenvalue weighted by Crippen LogP contribution is -2.19. The van der Waals surface area contributed by atoms with Crippen LogP contribution in [0.5, 0.6) is 23.0 Å². The maximum Gasteiger partial charge on any atom is 0.200 e. The molecule has 0 atom stereocenters. The highest BCUT2D eigenvalue weighted by Crippen LogP contribution is 2.42. The number of aromatic hydroxyl groups is 4. The molecule has 0 spiro atoms. The van der Waals surface area contributed by atoms with Crippen molar-refractivity contribution in [3.05, 3.63) is 46.5 Å². The van der Waals surface area contributed by atoms with Crippen molar-refractivity contribution in [3.8, 4) is 23.0 Å². The van der Waals surface area contributed by atoms with Crippen LogP contribution < -0.4 is 0 Å². The highest BCUT2D eigenvalue weighted by atomic mass is 16.3. The molecule has 23 heavy (non-hydrogen) atoms. The Labute approximate surface area is 133 Å². The van der Waals surface area contributed by atoms with Crippen LogP contribution in [0.3, 0.4) is 0 Å². The van der Waals surface area contributed by atoms with Crippen molar-refractivity contribution in [2.24, 2.45) is 0 Å². The lowest BCUT2D eigenvalue weighted by molar-refractivity contribution is 0.263. The second kappa shape index (κ2) is 5.98. The lowest BCUT2D eigenvalue weighted by Gasteiger charge is -2.28. The van der Waals surface area contributed by atoms with Crippen molar-refractivity contribution in [3.63, 3.8) is 0 Å². The van der Waals surface area contributed by atoms with Gasteiger partial charge in [-0.15, -0.1) is 0 Å². The monoisotopic (exact) mass is 320 g/mol. The average Bonchev–Trinajstić information content (AvgIpc) is 2.52. The molecule has 0 aromatic heterocycles. The SMILES string of the molecule is CC(C)(c1cc(O)c(O)c(O)c1)c1cc(CO)c(O)c(CO)c1. The Morgan fingerprint density at radius 2 is 1.09 bits per heavy atom. The molecule has 124 valence electrons. The van der Waals surface area contributed by atoms with Gasteiger partial charge in [0.1, 0.15) is 5.75 Å². The summed E-state index contributed by atoms with van der Waals surface area (Å²) >= 11 is 0. The molecule has 2 aromatic rings. The van der Waals surface area contributed by atoms with Gasteiger partial charge in [-0.2, -0.15) is 0 Å². The summed E-state index contributed by atoms with van der Waals surface area (Å²) in [6.45, 7) is 2.84. The molecule has 0 aliphatic carbocycles. The number of phenols is 4. The Morgan fingerprint density at radius 1 is 0.696 bits per heavy atom. The van der Waals surface area contributed by atoms with Crippen LogP contribution in [-0.2, 0) is 18.6 Å². The quantitative estimate of drug-likeness (QED) is 0.478. The van der Waals surface area contributed by atoms with Crippen LogP contribution in [0.1, 0.15) is 36.1 Å². The molecule has 0 saturated heterocycles. The van der Waals surface area contributed by atoms with Gasteiger partial charge in [-0.05, 0) is 35.4 Å². The van der Waals surface area contributed by atoms with Gasteiger partial charge in [-0.1, -0.05) is 13.8 Å². The number of benzene rings is 2. The fourth-order valence-corrected chi connectivity index (χ4v) is 2.49. The normalized spacial score (nSPS) is 11.7. The van der Waals surface area contributed by atoms with E-state index in [1.165, 1.54) is 12.1 Å². The van der Waals surface area contributed by atoms with Crippen molar-refractivity contribution in [2.75, 3.05) is 0 Å². The van der Waals surface area contributed by atoms with Gasteiger partial charge in [0.2, 0.25) is 0 Å². The lowest BCUT2D eigenvalue weighted by atomic mass is 9.76. The van der Waals surface area contributed by atoms with Gasteiger partial charge in [0.05, 0.1) is 13.2 Å². The number of aliphatic hydroxyl groups excluding tert-OH is 2. The fourth-order valence-electron chi connectivity index (χ4n) is 2.49. The van der Waals surface area contributed by atoms with E-state index in [9.17, 15) is 30.6 Å². The third kappa shape index (κ3) is 2.91. The van der Waals surface area contributed by atoms with E-state index in [1.807, 2.05) is 13.8 Å². The molecule has 0 heterocycles. The van der Waals surface area contributed by atoms with E-state index < -0.39 is 35.9 Å². The first-order valence-electron chi connectivity index (χ1n) is 7.04. The van der Waals surface area contributed by atoms with E-state index in [4.69, 9.17) is 0 Å². The number of phenolic OH excluding ortho intramolecular Hbond substituents is 3. The molecule has 0 bridgehead atoms. The summed E-state index contributed by atoms with van der Waals surface area (Å²) in [6, 6.07) is 5.85. The molecule has 0 saturated carbocycles. The molecule has 2 rings (SSSR count). The maximum atomic E-state index is 9.94. The summed E-state index contributed by atoms with van der Waals surface area (Å²) in [6.07, 6.45) is 0. The third-order valence-electron chi connectivity index (χ3n) is 4.12. The first kappa shape index (κ1) is 16.9. The van der Waals surface area contributed by atoms with Gasteiger partial charge in [0.25, 0.3) is 0 Å². The predicted octanol–water partition coefficient (Wildman–Crippen LogP) is 1.82. The zero-order valence-electron chi connectivity index (χ0n) is 12.9. The summed E-state index contributed by atoms with van der Waals surface area (Å²) in [5.74, 6) is -1.65. The van der Waals surface area contributed by atoms with E-state index in [2.05, 4.69) is 0 Å². The highest BCUT2D eigenvalue weighted by Gasteiger charge is 2.27. The van der Waals surface area contributed by atoms with Crippen molar-refractivity contribution in [1.29, 1.82) is 0 Å². The third-order valence-corrected chi connectivity index (χ3v) is 4.12. The smallest absolute Gasteiger partial charge is 0.200 e. The van der Waals surface area contributed by atoms with Crippen LogP contribution in [0, 0.1) is 0 Å². The minimum atomic E-state index is -0.732. The van der Waals surface area contributed by atoms with Gasteiger partial charge in [-0.25, -0.2) is 0 Å². The van der Waals surface area contributed by atoms with Crippen LogP contribution in [0.15, 0.2) is 24.3 Å². The second-order valence-corrected chi connectivity index (χ2v) is 5.95. The van der Waals surface area contributed by atoms with Gasteiger partial charge in [-0.3, -0.25) is 0 Å². The average molecular weight is 320 g/mol. The molecular formula is C17H20O6. The van der Waals surface area contributed by atoms with Crippen molar-refractivity contribution in [1.82, 2.24) is 0 Å². The second-order valence-electron chi connectivity index (χ2n) is 5.95. The van der Waals surface area contributed by atoms with Crippen molar-refractivity contribution >= 4 is 0 Å². The molecule has 0 aliphatic rings. The van der Waals surface area contributed by atoms with E-state index in [-0.39, 0.29) is 16.9 Å². The predicted molar refractivity (Wildman–Crippen MR) is 83.5 cm³/mol. The molecular weight excluding hydrogens is 300 g/mol. The Kier molecular flexibility index (Phi) is 4.40. The molecule has 0 unspecified atom stereocenters. The summed E-state index contributed by atoms with van der Waals surface area (Å²) in [4.78, 5) is 0. The zero-order valence-corrected chi connectivity index (χ0v) is 12.9. The molecule has 2 aromatic carbocycles. The molecule has 6 heteroatoms. The largest absolute Gasteiger partial charge is 0.507 e. The van der Waals surface area contributed by atoms with Crippen LogP contribution >= 0.6 is 0 Å². The minimum Gasteiger partial charge on any atom is -0.507 e. The summed E-state index contributed by atoms with van der Waals surface area (Å²) in [5.41, 5.74) is 0.986. The van der Waals surface area contributed by atoms with Crippen LogP contribution in [0.4, 0.5) is 0 Å². The van der Waals surface area contributed by atoms with Crippen LogP contribution in [0.25, 0.3) is 0 Å². The van der Waals surface area contributed by atoms with Gasteiger partial charge < -0.3 is 30.6 Å². The topological polar surface area (TPSA) is 121 Å².